The zero-order chi connectivity index (χ0) is 13.8. The van der Waals surface area contributed by atoms with Gasteiger partial charge < -0.3 is 10.4 Å². The van der Waals surface area contributed by atoms with Crippen LogP contribution in [0.2, 0.25) is 5.02 Å². The summed E-state index contributed by atoms with van der Waals surface area (Å²) in [6.45, 7) is 0. The van der Waals surface area contributed by atoms with E-state index in [9.17, 15) is 4.79 Å². The third kappa shape index (κ3) is 2.81. The lowest BCUT2D eigenvalue weighted by atomic mass is 10.2. The van der Waals surface area contributed by atoms with E-state index in [4.69, 9.17) is 22.0 Å². The highest BCUT2D eigenvalue weighted by Crippen LogP contribution is 2.27. The Balaban J connectivity index is 2.42. The van der Waals surface area contributed by atoms with Crippen molar-refractivity contribution in [3.8, 4) is 6.07 Å². The summed E-state index contributed by atoms with van der Waals surface area (Å²) in [7, 11) is 0. The van der Waals surface area contributed by atoms with E-state index in [1.165, 1.54) is 24.4 Å². The van der Waals surface area contributed by atoms with Crippen LogP contribution in [0.4, 0.5) is 11.5 Å². The SMILES string of the molecule is N#Cc1ccc(Cl)c(Nc2ncccc2C(=O)O)c1. The summed E-state index contributed by atoms with van der Waals surface area (Å²) < 4.78 is 0. The Bertz CT molecular complexity index is 680. The highest BCUT2D eigenvalue weighted by molar-refractivity contribution is 6.33. The lowest BCUT2D eigenvalue weighted by Crippen LogP contribution is -2.04. The first-order valence-corrected chi connectivity index (χ1v) is 5.64. The molecule has 0 aliphatic carbocycles. The topological polar surface area (TPSA) is 86.0 Å². The lowest BCUT2D eigenvalue weighted by molar-refractivity contribution is 0.0697. The molecule has 19 heavy (non-hydrogen) atoms. The van der Waals surface area contributed by atoms with Crippen LogP contribution >= 0.6 is 11.6 Å². The van der Waals surface area contributed by atoms with Crippen LogP contribution < -0.4 is 5.32 Å². The number of nitriles is 1. The Morgan fingerprint density at radius 1 is 1.42 bits per heavy atom. The van der Waals surface area contributed by atoms with Crippen LogP contribution in [0.5, 0.6) is 0 Å². The second kappa shape index (κ2) is 5.38. The fourth-order valence-corrected chi connectivity index (χ4v) is 1.66. The quantitative estimate of drug-likeness (QED) is 0.897. The van der Waals surface area contributed by atoms with Gasteiger partial charge in [-0.2, -0.15) is 5.26 Å². The van der Waals surface area contributed by atoms with Crippen LogP contribution in [0.3, 0.4) is 0 Å². The number of rotatable bonds is 3. The number of aromatic nitrogens is 1. The number of hydrogen-bond donors (Lipinski definition) is 2. The standard InChI is InChI=1S/C13H8ClN3O2/c14-10-4-3-8(7-15)6-11(10)17-12-9(13(18)19)2-1-5-16-12/h1-6H,(H,16,17)(H,18,19). The summed E-state index contributed by atoms with van der Waals surface area (Å²) in [6.07, 6.45) is 1.47. The summed E-state index contributed by atoms with van der Waals surface area (Å²) in [6, 6.07) is 9.61. The number of nitrogens with one attached hydrogen (secondary N) is 1. The van der Waals surface area contributed by atoms with Gasteiger partial charge in [0.15, 0.2) is 0 Å². The molecule has 0 unspecified atom stereocenters. The minimum atomic E-state index is -1.09. The normalized spacial score (nSPS) is 9.68. The van der Waals surface area contributed by atoms with Gasteiger partial charge in [0.1, 0.15) is 11.4 Å². The Kier molecular flexibility index (Phi) is 3.64. The van der Waals surface area contributed by atoms with Gasteiger partial charge in [-0.25, -0.2) is 9.78 Å². The van der Waals surface area contributed by atoms with E-state index in [1.807, 2.05) is 6.07 Å². The van der Waals surface area contributed by atoms with E-state index in [0.29, 0.717) is 16.3 Å². The first kappa shape index (κ1) is 12.9. The van der Waals surface area contributed by atoms with Crippen LogP contribution in [-0.2, 0) is 0 Å². The van der Waals surface area contributed by atoms with Crippen molar-refractivity contribution in [1.82, 2.24) is 4.98 Å². The minimum Gasteiger partial charge on any atom is -0.478 e. The summed E-state index contributed by atoms with van der Waals surface area (Å²) in [4.78, 5) is 15.0. The van der Waals surface area contributed by atoms with Crippen molar-refractivity contribution >= 4 is 29.1 Å². The van der Waals surface area contributed by atoms with E-state index in [0.717, 1.165) is 0 Å². The van der Waals surface area contributed by atoms with Crippen molar-refractivity contribution < 1.29 is 9.90 Å². The second-order valence-electron chi connectivity index (χ2n) is 3.64. The second-order valence-corrected chi connectivity index (χ2v) is 4.04. The Hall–Kier alpha value is -2.58. The van der Waals surface area contributed by atoms with Crippen LogP contribution in [-0.4, -0.2) is 16.1 Å². The highest BCUT2D eigenvalue weighted by Gasteiger charge is 2.12. The number of hydrogen-bond acceptors (Lipinski definition) is 4. The number of carboxylic acid groups (broad SMARTS) is 1. The molecule has 0 saturated carbocycles. The summed E-state index contributed by atoms with van der Waals surface area (Å²) in [5.74, 6) is -0.921. The molecule has 6 heteroatoms. The molecule has 0 amide bonds. The molecular formula is C13H8ClN3O2. The molecule has 1 aromatic heterocycles. The molecule has 0 radical (unpaired) electrons. The Labute approximate surface area is 114 Å². The summed E-state index contributed by atoms with van der Waals surface area (Å²) >= 11 is 5.99. The number of carbonyl (C=O) groups is 1. The first-order valence-electron chi connectivity index (χ1n) is 5.27. The number of halogens is 1. The Morgan fingerprint density at radius 2 is 2.21 bits per heavy atom. The van der Waals surface area contributed by atoms with E-state index in [-0.39, 0.29) is 11.4 Å². The van der Waals surface area contributed by atoms with Crippen molar-refractivity contribution in [2.24, 2.45) is 0 Å². The molecule has 2 N–H and O–H groups in total. The van der Waals surface area contributed by atoms with Gasteiger partial charge in [-0.3, -0.25) is 0 Å². The van der Waals surface area contributed by atoms with Gasteiger partial charge in [0.05, 0.1) is 22.3 Å². The molecule has 0 bridgehead atoms. The average molecular weight is 274 g/mol. The smallest absolute Gasteiger partial charge is 0.339 e. The van der Waals surface area contributed by atoms with E-state index >= 15 is 0 Å². The zero-order valence-electron chi connectivity index (χ0n) is 9.59. The van der Waals surface area contributed by atoms with E-state index in [2.05, 4.69) is 10.3 Å². The van der Waals surface area contributed by atoms with Crippen molar-refractivity contribution in [2.75, 3.05) is 5.32 Å². The van der Waals surface area contributed by atoms with Gasteiger partial charge in [-0.05, 0) is 30.3 Å². The maximum absolute atomic E-state index is 11.1. The molecule has 1 aromatic carbocycles. The maximum atomic E-state index is 11.1. The monoisotopic (exact) mass is 273 g/mol. The third-order valence-electron chi connectivity index (χ3n) is 2.39. The van der Waals surface area contributed by atoms with Gasteiger partial charge in [0.25, 0.3) is 0 Å². The van der Waals surface area contributed by atoms with Gasteiger partial charge in [-0.15, -0.1) is 0 Å². The van der Waals surface area contributed by atoms with Crippen molar-refractivity contribution in [3.05, 3.63) is 52.7 Å². The van der Waals surface area contributed by atoms with E-state index < -0.39 is 5.97 Å². The molecule has 0 aliphatic rings. The van der Waals surface area contributed by atoms with Crippen LogP contribution in [0.15, 0.2) is 36.5 Å². The number of pyridine rings is 1. The van der Waals surface area contributed by atoms with Crippen molar-refractivity contribution in [3.63, 3.8) is 0 Å². The fourth-order valence-electron chi connectivity index (χ4n) is 1.50. The molecule has 0 atom stereocenters. The largest absolute Gasteiger partial charge is 0.478 e. The number of aromatic carboxylic acids is 1. The molecule has 0 spiro atoms. The fraction of sp³-hybridized carbons (Fsp3) is 0. The van der Waals surface area contributed by atoms with Crippen LogP contribution in [0, 0.1) is 11.3 Å². The number of anilines is 2. The average Bonchev–Trinajstić information content (AvgIpc) is 2.41. The van der Waals surface area contributed by atoms with Gasteiger partial charge in [0, 0.05) is 6.20 Å². The molecule has 2 aromatic rings. The predicted octanol–water partition coefficient (Wildman–Crippen LogP) is 3.05. The molecule has 0 fully saturated rings. The molecule has 0 aliphatic heterocycles. The molecule has 0 saturated heterocycles. The lowest BCUT2D eigenvalue weighted by Gasteiger charge is -2.09. The van der Waals surface area contributed by atoms with Crippen molar-refractivity contribution in [1.29, 1.82) is 5.26 Å². The predicted molar refractivity (Wildman–Crippen MR) is 70.6 cm³/mol. The zero-order valence-corrected chi connectivity index (χ0v) is 10.3. The molecule has 94 valence electrons. The third-order valence-corrected chi connectivity index (χ3v) is 2.72. The molecule has 2 rings (SSSR count). The maximum Gasteiger partial charge on any atom is 0.339 e. The summed E-state index contributed by atoms with van der Waals surface area (Å²) in [5, 5.41) is 21.1. The number of nitrogens with zero attached hydrogens (tertiary/aromatic N) is 2. The van der Waals surface area contributed by atoms with Crippen LogP contribution in [0.1, 0.15) is 15.9 Å². The van der Waals surface area contributed by atoms with E-state index in [1.54, 1.807) is 12.1 Å². The Morgan fingerprint density at radius 3 is 2.89 bits per heavy atom. The minimum absolute atomic E-state index is 0.0286. The molecule has 5 nitrogen and oxygen atoms in total. The first-order chi connectivity index (χ1) is 9.11. The number of carboxylic acids is 1. The summed E-state index contributed by atoms with van der Waals surface area (Å²) in [5.41, 5.74) is 0.877. The van der Waals surface area contributed by atoms with Crippen molar-refractivity contribution in [2.45, 2.75) is 0 Å². The van der Waals surface area contributed by atoms with Gasteiger partial charge in [-0.1, -0.05) is 11.6 Å². The van der Waals surface area contributed by atoms with Gasteiger partial charge >= 0.3 is 5.97 Å². The number of benzene rings is 1. The molecular weight excluding hydrogens is 266 g/mol. The highest BCUT2D eigenvalue weighted by atomic mass is 35.5. The molecule has 1 heterocycles. The van der Waals surface area contributed by atoms with Gasteiger partial charge in [0.2, 0.25) is 0 Å². The van der Waals surface area contributed by atoms with Crippen LogP contribution in [0.25, 0.3) is 0 Å².